The second-order valence-corrected chi connectivity index (χ2v) is 9.63. The molecule has 0 amide bonds. The molecule has 2 N–H and O–H groups in total. The lowest BCUT2D eigenvalue weighted by Gasteiger charge is -2.38. The molecule has 0 saturated carbocycles. The first kappa shape index (κ1) is 29.6. The van der Waals surface area contributed by atoms with E-state index in [0.29, 0.717) is 5.92 Å². The predicted molar refractivity (Wildman–Crippen MR) is 139 cm³/mol. The maximum atomic E-state index is 6.58. The SMILES string of the molecule is C=NN(C)[N+](C)(CCCCC)CCCCCN=C(N)C(CC)(CC)CC(=CC)C(C)C. The van der Waals surface area contributed by atoms with E-state index in [4.69, 9.17) is 10.7 Å². The highest BCUT2D eigenvalue weighted by atomic mass is 15.8. The van der Waals surface area contributed by atoms with E-state index < -0.39 is 0 Å². The summed E-state index contributed by atoms with van der Waals surface area (Å²) in [7, 11) is 4.31. The highest BCUT2D eigenvalue weighted by Gasteiger charge is 2.32. The van der Waals surface area contributed by atoms with Crippen LogP contribution in [0.3, 0.4) is 0 Å². The number of nitrogens with zero attached hydrogens (tertiary/aromatic N) is 4. The van der Waals surface area contributed by atoms with Crippen molar-refractivity contribution in [3.63, 3.8) is 0 Å². The molecule has 31 heavy (non-hydrogen) atoms. The van der Waals surface area contributed by atoms with Crippen molar-refractivity contribution in [2.75, 3.05) is 33.7 Å². The van der Waals surface area contributed by atoms with Gasteiger partial charge < -0.3 is 5.73 Å². The Morgan fingerprint density at radius 2 is 1.65 bits per heavy atom. The van der Waals surface area contributed by atoms with Crippen LogP contribution in [0.1, 0.15) is 99.3 Å². The molecule has 0 aromatic heterocycles. The fourth-order valence-electron chi connectivity index (χ4n) is 4.35. The molecule has 0 fully saturated rings. The molecule has 182 valence electrons. The molecule has 0 heterocycles. The summed E-state index contributed by atoms with van der Waals surface area (Å²) in [5.74, 6) is 1.41. The zero-order chi connectivity index (χ0) is 23.9. The smallest absolute Gasteiger partial charge is 0.102 e. The number of unbranched alkanes of at least 4 members (excludes halogenated alkanes) is 4. The van der Waals surface area contributed by atoms with Crippen LogP contribution in [-0.4, -0.2) is 56.0 Å². The van der Waals surface area contributed by atoms with Gasteiger partial charge in [0, 0.05) is 18.7 Å². The molecule has 0 bridgehead atoms. The van der Waals surface area contributed by atoms with Crippen LogP contribution in [0.15, 0.2) is 21.7 Å². The molecule has 1 unspecified atom stereocenters. The quantitative estimate of drug-likeness (QED) is 0.0674. The van der Waals surface area contributed by atoms with E-state index in [9.17, 15) is 0 Å². The number of quaternary nitrogens is 1. The van der Waals surface area contributed by atoms with Gasteiger partial charge in [-0.25, -0.2) is 4.59 Å². The molecule has 5 heteroatoms. The first-order valence-electron chi connectivity index (χ1n) is 12.7. The van der Waals surface area contributed by atoms with Gasteiger partial charge in [0.2, 0.25) is 0 Å². The van der Waals surface area contributed by atoms with E-state index in [1.807, 2.05) is 12.2 Å². The van der Waals surface area contributed by atoms with E-state index >= 15 is 0 Å². The molecular weight excluding hydrogens is 382 g/mol. The van der Waals surface area contributed by atoms with Gasteiger partial charge in [-0.2, -0.15) is 0 Å². The summed E-state index contributed by atoms with van der Waals surface area (Å²) in [6.07, 6.45) is 12.5. The molecule has 0 radical (unpaired) electrons. The number of aliphatic imine (C=N–C) groups is 1. The third-order valence-corrected chi connectivity index (χ3v) is 7.28. The molecule has 0 aromatic carbocycles. The zero-order valence-electron chi connectivity index (χ0n) is 22.2. The summed E-state index contributed by atoms with van der Waals surface area (Å²) in [6, 6.07) is 0. The van der Waals surface area contributed by atoms with Gasteiger partial charge >= 0.3 is 0 Å². The van der Waals surface area contributed by atoms with E-state index in [2.05, 4.69) is 66.5 Å². The van der Waals surface area contributed by atoms with Crippen LogP contribution in [-0.2, 0) is 0 Å². The monoisotopic (exact) mass is 436 g/mol. The molecule has 0 rings (SSSR count). The van der Waals surface area contributed by atoms with E-state index in [-0.39, 0.29) is 5.41 Å². The van der Waals surface area contributed by atoms with Crippen molar-refractivity contribution >= 4 is 12.6 Å². The Morgan fingerprint density at radius 3 is 2.10 bits per heavy atom. The maximum Gasteiger partial charge on any atom is 0.102 e. The standard InChI is InChI=1S/C26H54N5/c1-10-14-17-20-31(9,30(8)28-7)21-18-15-16-19-29-25(27)26(12-3,13-4)22-24(11-2)23(5)6/h11,23H,7,10,12-22H2,1-6,8-9H3,(H2,27,29)/q+1. The van der Waals surface area contributed by atoms with Gasteiger partial charge in [0.25, 0.3) is 0 Å². The minimum absolute atomic E-state index is 0.000799. The Balaban J connectivity index is 4.79. The number of rotatable bonds is 18. The molecule has 0 saturated heterocycles. The predicted octanol–water partition coefficient (Wildman–Crippen LogP) is 6.41. The summed E-state index contributed by atoms with van der Waals surface area (Å²) in [4.78, 5) is 4.85. The van der Waals surface area contributed by atoms with Gasteiger partial charge in [-0.3, -0.25) is 4.99 Å². The van der Waals surface area contributed by atoms with Crippen LogP contribution in [0.5, 0.6) is 0 Å². The van der Waals surface area contributed by atoms with Gasteiger partial charge in [-0.05, 0) is 64.2 Å². The van der Waals surface area contributed by atoms with E-state index in [1.54, 1.807) is 0 Å². The first-order valence-corrected chi connectivity index (χ1v) is 12.7. The lowest BCUT2D eigenvalue weighted by Crippen LogP contribution is -2.54. The molecule has 0 spiro atoms. The van der Waals surface area contributed by atoms with Crippen molar-refractivity contribution in [2.24, 2.45) is 27.2 Å². The van der Waals surface area contributed by atoms with Crippen LogP contribution in [0.2, 0.25) is 0 Å². The van der Waals surface area contributed by atoms with Crippen molar-refractivity contribution in [3.8, 4) is 0 Å². The van der Waals surface area contributed by atoms with Crippen LogP contribution >= 0.6 is 0 Å². The molecule has 0 aliphatic carbocycles. The summed E-state index contributed by atoms with van der Waals surface area (Å²) in [5, 5.41) is 6.19. The minimum atomic E-state index is -0.000799. The Hall–Kier alpha value is -1.36. The van der Waals surface area contributed by atoms with Crippen LogP contribution in [0.25, 0.3) is 0 Å². The van der Waals surface area contributed by atoms with Crippen molar-refractivity contribution in [3.05, 3.63) is 11.6 Å². The lowest BCUT2D eigenvalue weighted by atomic mass is 9.73. The molecule has 0 aliphatic heterocycles. The second-order valence-electron chi connectivity index (χ2n) is 9.63. The average molecular weight is 437 g/mol. The van der Waals surface area contributed by atoms with Gasteiger partial charge in [0.15, 0.2) is 0 Å². The lowest BCUT2D eigenvalue weighted by molar-refractivity contribution is -1.02. The van der Waals surface area contributed by atoms with Crippen LogP contribution in [0.4, 0.5) is 0 Å². The van der Waals surface area contributed by atoms with Crippen molar-refractivity contribution in [1.82, 2.24) is 5.12 Å². The topological polar surface area (TPSA) is 54.0 Å². The largest absolute Gasteiger partial charge is 0.387 e. The molecular formula is C26H54N5+. The fourth-order valence-corrected chi connectivity index (χ4v) is 4.35. The third kappa shape index (κ3) is 9.76. The Bertz CT molecular complexity index is 548. The van der Waals surface area contributed by atoms with Gasteiger partial charge in [0.1, 0.15) is 18.9 Å². The third-order valence-electron chi connectivity index (χ3n) is 7.28. The summed E-state index contributed by atoms with van der Waals surface area (Å²) in [5.41, 5.74) is 8.07. The number of hydrogen-bond donors (Lipinski definition) is 1. The molecule has 0 aromatic rings. The second kappa shape index (κ2) is 15.4. The number of nitrogens with two attached hydrogens (primary N) is 1. The number of hydrazone groups is 1. The molecule has 1 atom stereocenters. The number of hydrogen-bond acceptors (Lipinski definition) is 3. The Morgan fingerprint density at radius 1 is 1.06 bits per heavy atom. The minimum Gasteiger partial charge on any atom is -0.387 e. The van der Waals surface area contributed by atoms with Crippen molar-refractivity contribution in [1.29, 1.82) is 0 Å². The summed E-state index contributed by atoms with van der Waals surface area (Å²) < 4.78 is 0.838. The van der Waals surface area contributed by atoms with E-state index in [0.717, 1.165) is 55.7 Å². The normalized spacial score (nSPS) is 15.3. The van der Waals surface area contributed by atoms with Crippen LogP contribution in [0, 0.1) is 11.3 Å². The highest BCUT2D eigenvalue weighted by Crippen LogP contribution is 2.36. The van der Waals surface area contributed by atoms with Gasteiger partial charge in [0.05, 0.1) is 14.1 Å². The average Bonchev–Trinajstić information content (AvgIpc) is 2.76. The van der Waals surface area contributed by atoms with Crippen LogP contribution < -0.4 is 5.73 Å². The summed E-state index contributed by atoms with van der Waals surface area (Å²) >= 11 is 0. The van der Waals surface area contributed by atoms with Gasteiger partial charge in [-0.1, -0.05) is 52.7 Å². The van der Waals surface area contributed by atoms with Crippen molar-refractivity contribution in [2.45, 2.75) is 99.3 Å². The maximum absolute atomic E-state index is 6.58. The number of allylic oxidation sites excluding steroid dienone is 2. The summed E-state index contributed by atoms with van der Waals surface area (Å²) in [6.45, 7) is 20.2. The Kier molecular flexibility index (Phi) is 14.8. The molecule has 0 aliphatic rings. The highest BCUT2D eigenvalue weighted by molar-refractivity contribution is 5.86. The fraction of sp³-hybridized carbons (Fsp3) is 0.846. The first-order chi connectivity index (χ1) is 14.7. The van der Waals surface area contributed by atoms with E-state index in [1.165, 1.54) is 37.7 Å². The van der Waals surface area contributed by atoms with Crippen molar-refractivity contribution < 1.29 is 4.59 Å². The molecule has 5 nitrogen and oxygen atoms in total. The van der Waals surface area contributed by atoms with Gasteiger partial charge in [-0.15, -0.1) is 10.2 Å². The zero-order valence-corrected chi connectivity index (χ0v) is 22.2. The Labute approximate surface area is 194 Å². The number of amidine groups is 1.